The molecule has 0 radical (unpaired) electrons. The molecular weight excluding hydrogens is 356 g/mol. The molecule has 3 rings (SSSR count). The Balaban J connectivity index is 1.93. The molecule has 0 bridgehead atoms. The van der Waals surface area contributed by atoms with E-state index in [1.54, 1.807) is 23.5 Å². The lowest BCUT2D eigenvalue weighted by Gasteiger charge is -2.25. The van der Waals surface area contributed by atoms with Crippen molar-refractivity contribution in [1.29, 1.82) is 5.26 Å². The largest absolute Gasteiger partial charge is 0.377 e. The summed E-state index contributed by atoms with van der Waals surface area (Å²) >= 11 is 11.4. The molecule has 20 heavy (non-hydrogen) atoms. The van der Waals surface area contributed by atoms with Crippen molar-refractivity contribution in [2.75, 3.05) is 5.32 Å². The molecule has 1 aromatic carbocycles. The Kier molecular flexibility index (Phi) is 4.02. The van der Waals surface area contributed by atoms with E-state index in [-0.39, 0.29) is 6.04 Å². The van der Waals surface area contributed by atoms with Crippen LogP contribution >= 0.6 is 38.9 Å². The van der Waals surface area contributed by atoms with Gasteiger partial charge in [0, 0.05) is 9.90 Å². The van der Waals surface area contributed by atoms with Crippen molar-refractivity contribution < 1.29 is 0 Å². The number of nitriles is 1. The minimum Gasteiger partial charge on any atom is -0.377 e. The lowest BCUT2D eigenvalue weighted by atomic mass is 9.93. The van der Waals surface area contributed by atoms with E-state index in [0.29, 0.717) is 10.6 Å². The molecule has 2 aromatic rings. The zero-order valence-electron chi connectivity index (χ0n) is 10.6. The summed E-state index contributed by atoms with van der Waals surface area (Å²) in [5, 5.41) is 13.3. The highest BCUT2D eigenvalue weighted by Crippen LogP contribution is 2.40. The molecule has 1 aliphatic carbocycles. The Morgan fingerprint density at radius 3 is 3.05 bits per heavy atom. The molecule has 1 N–H and O–H groups in total. The maximum atomic E-state index is 9.20. The maximum absolute atomic E-state index is 9.20. The van der Waals surface area contributed by atoms with Crippen molar-refractivity contribution in [3.63, 3.8) is 0 Å². The third-order valence-corrected chi connectivity index (χ3v) is 5.46. The van der Waals surface area contributed by atoms with E-state index in [1.165, 1.54) is 20.6 Å². The zero-order chi connectivity index (χ0) is 14.1. The van der Waals surface area contributed by atoms with Gasteiger partial charge in [-0.25, -0.2) is 0 Å². The fraction of sp³-hybridized carbons (Fsp3) is 0.267. The van der Waals surface area contributed by atoms with Gasteiger partial charge in [-0.05, 0) is 65.0 Å². The van der Waals surface area contributed by atoms with Crippen molar-refractivity contribution in [3.8, 4) is 6.07 Å². The van der Waals surface area contributed by atoms with Crippen molar-refractivity contribution in [2.24, 2.45) is 0 Å². The number of benzene rings is 1. The summed E-state index contributed by atoms with van der Waals surface area (Å²) in [5.74, 6) is 0. The van der Waals surface area contributed by atoms with Crippen LogP contribution in [0.15, 0.2) is 28.1 Å². The summed E-state index contributed by atoms with van der Waals surface area (Å²) in [5.41, 5.74) is 2.80. The maximum Gasteiger partial charge on any atom is 0.101 e. The smallest absolute Gasteiger partial charge is 0.101 e. The number of fused-ring (bicyclic) bond motifs is 1. The van der Waals surface area contributed by atoms with Gasteiger partial charge in [0.2, 0.25) is 0 Å². The molecular formula is C15H12BrClN2S. The minimum absolute atomic E-state index is 0.256. The molecule has 0 aliphatic heterocycles. The molecule has 1 atom stereocenters. The third kappa shape index (κ3) is 2.71. The molecule has 0 spiro atoms. The first-order chi connectivity index (χ1) is 9.67. The molecule has 1 aliphatic rings. The average Bonchev–Trinajstić information content (AvgIpc) is 2.80. The topological polar surface area (TPSA) is 35.8 Å². The summed E-state index contributed by atoms with van der Waals surface area (Å²) in [7, 11) is 0. The highest BCUT2D eigenvalue weighted by molar-refractivity contribution is 9.11. The van der Waals surface area contributed by atoms with Crippen molar-refractivity contribution >= 4 is 44.6 Å². The number of thiophene rings is 1. The second kappa shape index (κ2) is 5.77. The van der Waals surface area contributed by atoms with Crippen LogP contribution in [0.2, 0.25) is 5.02 Å². The van der Waals surface area contributed by atoms with Crippen LogP contribution in [0, 0.1) is 11.3 Å². The molecule has 0 fully saturated rings. The fourth-order valence-electron chi connectivity index (χ4n) is 2.59. The first kappa shape index (κ1) is 13.9. The Morgan fingerprint density at radius 2 is 2.25 bits per heavy atom. The van der Waals surface area contributed by atoms with Gasteiger partial charge in [0.1, 0.15) is 6.07 Å². The van der Waals surface area contributed by atoms with Gasteiger partial charge < -0.3 is 5.32 Å². The number of nitrogens with zero attached hydrogens (tertiary/aromatic N) is 1. The summed E-state index contributed by atoms with van der Waals surface area (Å²) in [6.07, 6.45) is 3.39. The van der Waals surface area contributed by atoms with Gasteiger partial charge >= 0.3 is 0 Å². The summed E-state index contributed by atoms with van der Waals surface area (Å²) in [6, 6.07) is 10.00. The molecule has 2 nitrogen and oxygen atoms in total. The first-order valence-electron chi connectivity index (χ1n) is 6.41. The Bertz CT molecular complexity index is 690. The lowest BCUT2D eigenvalue weighted by Crippen LogP contribution is -2.16. The van der Waals surface area contributed by atoms with Gasteiger partial charge in [0.05, 0.1) is 21.1 Å². The highest BCUT2D eigenvalue weighted by atomic mass is 79.9. The SMILES string of the molecule is N#Cc1ccc(Cl)cc1NC1CCCc2sc(Br)cc21. The van der Waals surface area contributed by atoms with Crippen molar-refractivity contribution in [1.82, 2.24) is 0 Å². The Hall–Kier alpha value is -1.02. The van der Waals surface area contributed by atoms with Gasteiger partial charge in [0.25, 0.3) is 0 Å². The molecule has 0 saturated carbocycles. The van der Waals surface area contributed by atoms with Crippen LogP contribution in [0.3, 0.4) is 0 Å². The predicted molar refractivity (Wildman–Crippen MR) is 87.5 cm³/mol. The Morgan fingerprint density at radius 1 is 1.40 bits per heavy atom. The number of hydrogen-bond acceptors (Lipinski definition) is 3. The van der Waals surface area contributed by atoms with Crippen LogP contribution in [0.5, 0.6) is 0 Å². The molecule has 1 aromatic heterocycles. The number of hydrogen-bond donors (Lipinski definition) is 1. The molecule has 1 unspecified atom stereocenters. The van der Waals surface area contributed by atoms with Gasteiger partial charge in [-0.1, -0.05) is 11.6 Å². The molecule has 0 amide bonds. The number of anilines is 1. The van der Waals surface area contributed by atoms with E-state index in [9.17, 15) is 5.26 Å². The lowest BCUT2D eigenvalue weighted by molar-refractivity contribution is 0.608. The van der Waals surface area contributed by atoms with Crippen LogP contribution in [0.1, 0.15) is 34.9 Å². The van der Waals surface area contributed by atoms with Crippen molar-refractivity contribution in [3.05, 3.63) is 49.1 Å². The Labute approximate surface area is 135 Å². The first-order valence-corrected chi connectivity index (χ1v) is 8.40. The van der Waals surface area contributed by atoms with E-state index < -0.39 is 0 Å². The average molecular weight is 368 g/mol. The van der Waals surface area contributed by atoms with E-state index in [2.05, 4.69) is 33.4 Å². The summed E-state index contributed by atoms with van der Waals surface area (Å²) < 4.78 is 1.17. The van der Waals surface area contributed by atoms with Gasteiger partial charge in [-0.2, -0.15) is 5.26 Å². The van der Waals surface area contributed by atoms with Crippen LogP contribution in [-0.2, 0) is 6.42 Å². The van der Waals surface area contributed by atoms with Crippen LogP contribution < -0.4 is 5.32 Å². The quantitative estimate of drug-likeness (QED) is 0.758. The van der Waals surface area contributed by atoms with E-state index in [4.69, 9.17) is 11.6 Å². The normalized spacial score (nSPS) is 17.4. The van der Waals surface area contributed by atoms with E-state index in [1.807, 2.05) is 6.07 Å². The van der Waals surface area contributed by atoms with E-state index in [0.717, 1.165) is 18.5 Å². The second-order valence-corrected chi connectivity index (χ2v) is 7.77. The molecule has 102 valence electrons. The molecule has 5 heteroatoms. The fourth-order valence-corrected chi connectivity index (χ4v) is 4.58. The minimum atomic E-state index is 0.256. The summed E-state index contributed by atoms with van der Waals surface area (Å²) in [4.78, 5) is 1.43. The van der Waals surface area contributed by atoms with Gasteiger partial charge in [-0.3, -0.25) is 0 Å². The van der Waals surface area contributed by atoms with Crippen LogP contribution in [0.25, 0.3) is 0 Å². The van der Waals surface area contributed by atoms with Crippen LogP contribution in [-0.4, -0.2) is 0 Å². The summed E-state index contributed by atoms with van der Waals surface area (Å²) in [6.45, 7) is 0. The number of aryl methyl sites for hydroxylation is 1. The van der Waals surface area contributed by atoms with Crippen LogP contribution in [0.4, 0.5) is 5.69 Å². The second-order valence-electron chi connectivity index (χ2n) is 4.82. The van der Waals surface area contributed by atoms with E-state index >= 15 is 0 Å². The molecule has 0 saturated heterocycles. The van der Waals surface area contributed by atoms with Crippen molar-refractivity contribution in [2.45, 2.75) is 25.3 Å². The highest BCUT2D eigenvalue weighted by Gasteiger charge is 2.23. The number of nitrogens with one attached hydrogen (secondary N) is 1. The van der Waals surface area contributed by atoms with Gasteiger partial charge in [0.15, 0.2) is 0 Å². The predicted octanol–water partition coefficient (Wildman–Crippen LogP) is 5.53. The number of rotatable bonds is 2. The monoisotopic (exact) mass is 366 g/mol. The standard InChI is InChI=1S/C15H12BrClN2S/c16-15-7-11-12(2-1-3-14(11)20-15)19-13-6-10(17)5-4-9(13)8-18/h4-7,12,19H,1-3H2. The zero-order valence-corrected chi connectivity index (χ0v) is 13.8. The third-order valence-electron chi connectivity index (χ3n) is 3.52. The number of halogens is 2. The van der Waals surface area contributed by atoms with Gasteiger partial charge in [-0.15, -0.1) is 11.3 Å². The molecule has 1 heterocycles.